The molecule has 25 heavy (non-hydrogen) atoms. The molecule has 1 aromatic heterocycles. The Morgan fingerprint density at radius 2 is 1.96 bits per heavy atom. The van der Waals surface area contributed by atoms with Gasteiger partial charge < -0.3 is 4.74 Å². The molecule has 132 valence electrons. The average molecular weight is 365 g/mol. The highest BCUT2D eigenvalue weighted by Gasteiger charge is 2.36. The number of fused-ring (bicyclic) bond motifs is 3. The number of aromatic nitrogens is 1. The molecule has 3 aliphatic heterocycles. The van der Waals surface area contributed by atoms with Gasteiger partial charge in [0, 0.05) is 18.2 Å². The van der Waals surface area contributed by atoms with Gasteiger partial charge in [0.1, 0.15) is 17.7 Å². The van der Waals surface area contributed by atoms with E-state index in [1.54, 1.807) is 0 Å². The maximum absolute atomic E-state index is 13.4. The van der Waals surface area contributed by atoms with E-state index in [4.69, 9.17) is 4.74 Å². The number of anilines is 1. The fourth-order valence-electron chi connectivity index (χ4n) is 3.53. The van der Waals surface area contributed by atoms with Gasteiger partial charge in [-0.3, -0.25) is 10.2 Å². The second kappa shape index (κ2) is 6.68. The predicted octanol–water partition coefficient (Wildman–Crippen LogP) is 3.73. The highest BCUT2D eigenvalue weighted by atomic mass is 32.1. The van der Waals surface area contributed by atoms with Crippen molar-refractivity contribution in [1.29, 1.82) is 0 Å². The molecule has 1 amide bonds. The average Bonchev–Trinajstić information content (AvgIpc) is 3.03. The molecule has 0 saturated carbocycles. The number of nitrogens with zero attached hydrogens (tertiary/aromatic N) is 2. The van der Waals surface area contributed by atoms with Crippen LogP contribution in [0.3, 0.4) is 0 Å². The van der Waals surface area contributed by atoms with E-state index in [0.717, 1.165) is 38.5 Å². The molecule has 3 aliphatic rings. The third-order valence-corrected chi connectivity index (χ3v) is 5.64. The first-order valence-corrected chi connectivity index (χ1v) is 9.06. The van der Waals surface area contributed by atoms with Crippen LogP contribution in [-0.4, -0.2) is 41.7 Å². The number of thiazole rings is 1. The van der Waals surface area contributed by atoms with Gasteiger partial charge in [0.25, 0.3) is 0 Å². The van der Waals surface area contributed by atoms with Crippen LogP contribution < -0.4 is 5.32 Å². The zero-order chi connectivity index (χ0) is 17.4. The quantitative estimate of drug-likeness (QED) is 0.901. The summed E-state index contributed by atoms with van der Waals surface area (Å²) in [6, 6.07) is 3.22. The SMILES string of the molecule is O=C(Nc1ncsc1-c1cc(F)cc(F)c1)O[C@H]1CN2CCC1CC2. The van der Waals surface area contributed by atoms with E-state index in [9.17, 15) is 13.6 Å². The van der Waals surface area contributed by atoms with Gasteiger partial charge in [-0.2, -0.15) is 0 Å². The van der Waals surface area contributed by atoms with E-state index < -0.39 is 17.7 Å². The summed E-state index contributed by atoms with van der Waals surface area (Å²) in [5.41, 5.74) is 1.85. The third kappa shape index (κ3) is 3.50. The molecule has 0 aliphatic carbocycles. The van der Waals surface area contributed by atoms with Crippen molar-refractivity contribution in [2.24, 2.45) is 5.92 Å². The minimum absolute atomic E-state index is 0.115. The molecule has 8 heteroatoms. The van der Waals surface area contributed by atoms with Crippen LogP contribution in [-0.2, 0) is 4.74 Å². The van der Waals surface area contributed by atoms with Gasteiger partial charge in [0.15, 0.2) is 5.82 Å². The normalized spacial score (nSPS) is 25.0. The van der Waals surface area contributed by atoms with E-state index in [1.807, 2.05) is 0 Å². The molecule has 1 atom stereocenters. The predicted molar refractivity (Wildman–Crippen MR) is 90.5 cm³/mol. The van der Waals surface area contributed by atoms with Crippen molar-refractivity contribution >= 4 is 23.2 Å². The number of carbonyl (C=O) groups excluding carboxylic acids is 1. The molecular weight excluding hydrogens is 348 g/mol. The maximum Gasteiger partial charge on any atom is 0.413 e. The summed E-state index contributed by atoms with van der Waals surface area (Å²) in [6.45, 7) is 2.89. The summed E-state index contributed by atoms with van der Waals surface area (Å²) in [7, 11) is 0. The Hall–Kier alpha value is -2.06. The first-order chi connectivity index (χ1) is 12.1. The Morgan fingerprint density at radius 1 is 1.24 bits per heavy atom. The number of ether oxygens (including phenoxy) is 1. The minimum Gasteiger partial charge on any atom is -0.444 e. The molecule has 0 unspecified atom stereocenters. The number of amides is 1. The molecular formula is C17H17F2N3O2S. The van der Waals surface area contributed by atoms with Gasteiger partial charge in [-0.15, -0.1) is 11.3 Å². The van der Waals surface area contributed by atoms with Crippen molar-refractivity contribution in [3.05, 3.63) is 35.3 Å². The molecule has 3 fully saturated rings. The van der Waals surface area contributed by atoms with Gasteiger partial charge in [-0.05, 0) is 44.0 Å². The number of rotatable bonds is 3. The second-order valence-electron chi connectivity index (χ2n) is 6.40. The summed E-state index contributed by atoms with van der Waals surface area (Å²) in [5, 5.41) is 2.61. The lowest BCUT2D eigenvalue weighted by atomic mass is 9.86. The van der Waals surface area contributed by atoms with E-state index >= 15 is 0 Å². The topological polar surface area (TPSA) is 54.5 Å². The van der Waals surface area contributed by atoms with Gasteiger partial charge in [0.2, 0.25) is 0 Å². The van der Waals surface area contributed by atoms with Crippen molar-refractivity contribution in [2.45, 2.75) is 18.9 Å². The van der Waals surface area contributed by atoms with Crippen molar-refractivity contribution in [1.82, 2.24) is 9.88 Å². The van der Waals surface area contributed by atoms with E-state index in [1.165, 1.54) is 29.0 Å². The van der Waals surface area contributed by atoms with Gasteiger partial charge >= 0.3 is 6.09 Å². The highest BCUT2D eigenvalue weighted by molar-refractivity contribution is 7.13. The first-order valence-electron chi connectivity index (χ1n) is 8.18. The summed E-state index contributed by atoms with van der Waals surface area (Å²) in [5.74, 6) is -0.697. The molecule has 2 bridgehead atoms. The molecule has 0 spiro atoms. The maximum atomic E-state index is 13.4. The van der Waals surface area contributed by atoms with Crippen LogP contribution in [0.4, 0.5) is 19.4 Å². The molecule has 5 rings (SSSR count). The van der Waals surface area contributed by atoms with Crippen molar-refractivity contribution in [3.8, 4) is 10.4 Å². The smallest absolute Gasteiger partial charge is 0.413 e. The summed E-state index contributed by atoms with van der Waals surface area (Å²) >= 11 is 1.20. The van der Waals surface area contributed by atoms with Gasteiger partial charge in [-0.1, -0.05) is 0 Å². The van der Waals surface area contributed by atoms with Crippen LogP contribution in [0.1, 0.15) is 12.8 Å². The molecule has 5 nitrogen and oxygen atoms in total. The Bertz CT molecular complexity index is 770. The second-order valence-corrected chi connectivity index (χ2v) is 7.25. The number of hydrogen-bond donors (Lipinski definition) is 1. The summed E-state index contributed by atoms with van der Waals surface area (Å²) < 4.78 is 32.4. The van der Waals surface area contributed by atoms with Crippen LogP contribution in [0, 0.1) is 17.6 Å². The number of carbonyl (C=O) groups is 1. The summed E-state index contributed by atoms with van der Waals surface area (Å²) in [6.07, 6.45) is 1.39. The van der Waals surface area contributed by atoms with Gasteiger partial charge in [0.05, 0.1) is 10.4 Å². The van der Waals surface area contributed by atoms with Crippen LogP contribution >= 0.6 is 11.3 Å². The Morgan fingerprint density at radius 3 is 2.60 bits per heavy atom. The number of piperidine rings is 3. The minimum atomic E-state index is -0.677. The van der Waals surface area contributed by atoms with Crippen molar-refractivity contribution in [3.63, 3.8) is 0 Å². The van der Waals surface area contributed by atoms with Gasteiger partial charge in [-0.25, -0.2) is 18.6 Å². The number of halogens is 2. The molecule has 3 saturated heterocycles. The largest absolute Gasteiger partial charge is 0.444 e. The Balaban J connectivity index is 1.46. The molecule has 1 N–H and O–H groups in total. The monoisotopic (exact) mass is 365 g/mol. The Kier molecular flexibility index (Phi) is 4.39. The van der Waals surface area contributed by atoms with Crippen molar-refractivity contribution in [2.75, 3.05) is 25.0 Å². The molecule has 2 aromatic rings. The Labute approximate surface area is 147 Å². The molecule has 0 radical (unpaired) electrons. The fourth-order valence-corrected chi connectivity index (χ4v) is 4.27. The van der Waals surface area contributed by atoms with E-state index in [0.29, 0.717) is 16.4 Å². The van der Waals surface area contributed by atoms with Crippen LogP contribution in [0.2, 0.25) is 0 Å². The standard InChI is InChI=1S/C17H17F2N3O2S/c18-12-5-11(6-13(19)7-12)15-16(20-9-25-15)21-17(23)24-14-8-22-3-1-10(14)2-4-22/h5-7,9-10,14H,1-4,8H2,(H,21,23)/t14-/m0/s1. The molecule has 4 heterocycles. The van der Waals surface area contributed by atoms with Crippen molar-refractivity contribution < 1.29 is 18.3 Å². The van der Waals surface area contributed by atoms with Crippen LogP contribution in [0.25, 0.3) is 10.4 Å². The summed E-state index contributed by atoms with van der Waals surface area (Å²) in [4.78, 5) is 19.1. The third-order valence-electron chi connectivity index (χ3n) is 4.77. The number of nitrogens with one attached hydrogen (secondary N) is 1. The lowest BCUT2D eigenvalue weighted by Gasteiger charge is -2.43. The zero-order valence-corrected chi connectivity index (χ0v) is 14.2. The zero-order valence-electron chi connectivity index (χ0n) is 13.4. The lowest BCUT2D eigenvalue weighted by Crippen LogP contribution is -2.52. The van der Waals surface area contributed by atoms with Crippen LogP contribution in [0.5, 0.6) is 0 Å². The van der Waals surface area contributed by atoms with E-state index in [-0.39, 0.29) is 11.9 Å². The lowest BCUT2D eigenvalue weighted by molar-refractivity contribution is -0.0290. The van der Waals surface area contributed by atoms with E-state index in [2.05, 4.69) is 15.2 Å². The first kappa shape index (κ1) is 16.4. The van der Waals surface area contributed by atoms with Crippen LogP contribution in [0.15, 0.2) is 23.7 Å². The highest BCUT2D eigenvalue weighted by Crippen LogP contribution is 2.33. The fraction of sp³-hybridized carbons (Fsp3) is 0.412. The molecule has 1 aromatic carbocycles. The number of benzene rings is 1. The number of hydrogen-bond acceptors (Lipinski definition) is 5.